The minimum Gasteiger partial charge on any atom is -0.308 e. The topological polar surface area (TPSA) is 33.2 Å². The number of carbonyl (C=O) groups is 1. The van der Waals surface area contributed by atoms with Gasteiger partial charge in [0.05, 0.1) is 0 Å². The third-order valence-corrected chi connectivity index (χ3v) is 3.28. The summed E-state index contributed by atoms with van der Waals surface area (Å²) in [5.74, 6) is 0.0598. The highest BCUT2D eigenvalue weighted by molar-refractivity contribution is 6.06. The van der Waals surface area contributed by atoms with E-state index in [0.717, 1.165) is 25.1 Å². The fraction of sp³-hybridized carbons (Fsp3) is 0.200. The highest BCUT2D eigenvalue weighted by Crippen LogP contribution is 2.27. The molecule has 0 aliphatic carbocycles. The molecular formula is C15H15ClN2O. The Morgan fingerprint density at radius 2 is 1.84 bits per heavy atom. The lowest BCUT2D eigenvalue weighted by atomic mass is 10.0. The van der Waals surface area contributed by atoms with Crippen LogP contribution in [0.1, 0.15) is 22.3 Å². The summed E-state index contributed by atoms with van der Waals surface area (Å²) in [5, 5.41) is 0. The van der Waals surface area contributed by atoms with Crippen molar-refractivity contribution in [3.8, 4) is 0 Å². The first-order valence-electron chi connectivity index (χ1n) is 6.16. The largest absolute Gasteiger partial charge is 0.308 e. The third kappa shape index (κ3) is 2.61. The highest BCUT2D eigenvalue weighted by Gasteiger charge is 2.22. The third-order valence-electron chi connectivity index (χ3n) is 3.28. The van der Waals surface area contributed by atoms with Gasteiger partial charge in [0.1, 0.15) is 0 Å². The number of benzene rings is 1. The predicted octanol–water partition coefficient (Wildman–Crippen LogP) is 3.10. The molecular weight excluding hydrogens is 260 g/mol. The Kier molecular flexibility index (Phi) is 4.17. The second-order valence-corrected chi connectivity index (χ2v) is 4.42. The fourth-order valence-electron chi connectivity index (χ4n) is 2.39. The van der Waals surface area contributed by atoms with Crippen LogP contribution in [0.2, 0.25) is 0 Å². The Labute approximate surface area is 118 Å². The van der Waals surface area contributed by atoms with E-state index in [1.54, 1.807) is 24.5 Å². The zero-order valence-electron chi connectivity index (χ0n) is 10.5. The highest BCUT2D eigenvalue weighted by atomic mass is 35.5. The van der Waals surface area contributed by atoms with Crippen LogP contribution in [0.15, 0.2) is 48.8 Å². The fourth-order valence-corrected chi connectivity index (χ4v) is 2.39. The lowest BCUT2D eigenvalue weighted by molar-refractivity contribution is 0.0985. The van der Waals surface area contributed by atoms with Gasteiger partial charge in [-0.3, -0.25) is 9.78 Å². The summed E-state index contributed by atoms with van der Waals surface area (Å²) in [6, 6.07) is 11.7. The molecule has 0 unspecified atom stereocenters. The average molecular weight is 275 g/mol. The SMILES string of the molecule is Cl.O=C(c1ccncc1)N1CCCc2ccccc21. The van der Waals surface area contributed by atoms with Crippen molar-refractivity contribution >= 4 is 24.0 Å². The number of amides is 1. The number of rotatable bonds is 1. The molecule has 1 aliphatic rings. The Morgan fingerprint density at radius 1 is 1.11 bits per heavy atom. The molecule has 3 rings (SSSR count). The van der Waals surface area contributed by atoms with E-state index in [9.17, 15) is 4.79 Å². The van der Waals surface area contributed by atoms with Gasteiger partial charge in [0.15, 0.2) is 0 Å². The van der Waals surface area contributed by atoms with Gasteiger partial charge in [0.2, 0.25) is 0 Å². The van der Waals surface area contributed by atoms with E-state index < -0.39 is 0 Å². The molecule has 0 saturated heterocycles. The smallest absolute Gasteiger partial charge is 0.258 e. The van der Waals surface area contributed by atoms with Gasteiger partial charge in [-0.25, -0.2) is 0 Å². The van der Waals surface area contributed by atoms with Gasteiger partial charge in [-0.05, 0) is 36.6 Å². The van der Waals surface area contributed by atoms with E-state index in [4.69, 9.17) is 0 Å². The molecule has 0 N–H and O–H groups in total. The Hall–Kier alpha value is -1.87. The number of aromatic nitrogens is 1. The summed E-state index contributed by atoms with van der Waals surface area (Å²) < 4.78 is 0. The molecule has 98 valence electrons. The first-order valence-corrected chi connectivity index (χ1v) is 6.16. The van der Waals surface area contributed by atoms with Gasteiger partial charge in [-0.1, -0.05) is 18.2 Å². The Bertz CT molecular complexity index is 571. The molecule has 3 nitrogen and oxygen atoms in total. The Morgan fingerprint density at radius 3 is 2.63 bits per heavy atom. The first kappa shape index (κ1) is 13.6. The van der Waals surface area contributed by atoms with Crippen molar-refractivity contribution in [3.05, 3.63) is 59.9 Å². The van der Waals surface area contributed by atoms with Crippen molar-refractivity contribution in [1.29, 1.82) is 0 Å². The zero-order chi connectivity index (χ0) is 12.4. The van der Waals surface area contributed by atoms with Gasteiger partial charge < -0.3 is 4.90 Å². The van der Waals surface area contributed by atoms with Gasteiger partial charge in [-0.2, -0.15) is 0 Å². The second kappa shape index (κ2) is 5.85. The predicted molar refractivity (Wildman–Crippen MR) is 77.9 cm³/mol. The molecule has 0 fully saturated rings. The van der Waals surface area contributed by atoms with Crippen molar-refractivity contribution in [2.24, 2.45) is 0 Å². The van der Waals surface area contributed by atoms with E-state index in [2.05, 4.69) is 11.1 Å². The molecule has 4 heteroatoms. The van der Waals surface area contributed by atoms with E-state index in [0.29, 0.717) is 5.56 Å². The molecule has 0 atom stereocenters. The first-order chi connectivity index (χ1) is 8.86. The second-order valence-electron chi connectivity index (χ2n) is 4.42. The number of hydrogen-bond donors (Lipinski definition) is 0. The van der Waals surface area contributed by atoms with Crippen LogP contribution in [-0.4, -0.2) is 17.4 Å². The standard InChI is InChI=1S/C15H14N2O.ClH/c18-15(13-7-9-16-10-8-13)17-11-3-5-12-4-1-2-6-14(12)17;/h1-2,4,6-10H,3,5,11H2;1H. The van der Waals surface area contributed by atoms with Crippen LogP contribution in [-0.2, 0) is 6.42 Å². The lowest BCUT2D eigenvalue weighted by Gasteiger charge is -2.29. The molecule has 19 heavy (non-hydrogen) atoms. The van der Waals surface area contributed by atoms with Crippen LogP contribution in [0.4, 0.5) is 5.69 Å². The van der Waals surface area contributed by atoms with Crippen LogP contribution in [0.25, 0.3) is 0 Å². The van der Waals surface area contributed by atoms with Crippen molar-refractivity contribution in [2.45, 2.75) is 12.8 Å². The van der Waals surface area contributed by atoms with Gasteiger partial charge >= 0.3 is 0 Å². The minimum atomic E-state index is 0. The average Bonchev–Trinajstić information content (AvgIpc) is 2.47. The molecule has 0 saturated carbocycles. The molecule has 1 aliphatic heterocycles. The monoisotopic (exact) mass is 274 g/mol. The molecule has 1 aromatic carbocycles. The van der Waals surface area contributed by atoms with Crippen molar-refractivity contribution < 1.29 is 4.79 Å². The number of pyridine rings is 1. The summed E-state index contributed by atoms with van der Waals surface area (Å²) in [5.41, 5.74) is 3.00. The summed E-state index contributed by atoms with van der Waals surface area (Å²) in [4.78, 5) is 18.3. The zero-order valence-corrected chi connectivity index (χ0v) is 11.3. The van der Waals surface area contributed by atoms with Crippen molar-refractivity contribution in [1.82, 2.24) is 4.98 Å². The van der Waals surface area contributed by atoms with E-state index in [1.807, 2.05) is 23.1 Å². The molecule has 0 bridgehead atoms. The van der Waals surface area contributed by atoms with Crippen molar-refractivity contribution in [2.75, 3.05) is 11.4 Å². The molecule has 0 radical (unpaired) electrons. The van der Waals surface area contributed by atoms with Crippen LogP contribution in [0.5, 0.6) is 0 Å². The number of hydrogen-bond acceptors (Lipinski definition) is 2. The summed E-state index contributed by atoms with van der Waals surface area (Å²) in [7, 11) is 0. The molecule has 1 amide bonds. The van der Waals surface area contributed by atoms with Crippen LogP contribution < -0.4 is 4.90 Å². The maximum Gasteiger partial charge on any atom is 0.258 e. The van der Waals surface area contributed by atoms with Crippen LogP contribution >= 0.6 is 12.4 Å². The minimum absolute atomic E-state index is 0. The maximum absolute atomic E-state index is 12.5. The summed E-state index contributed by atoms with van der Waals surface area (Å²) in [6.07, 6.45) is 5.39. The van der Waals surface area contributed by atoms with Gasteiger partial charge in [0, 0.05) is 30.2 Å². The summed E-state index contributed by atoms with van der Waals surface area (Å²) in [6.45, 7) is 0.790. The molecule has 0 spiro atoms. The number of anilines is 1. The van der Waals surface area contributed by atoms with E-state index in [1.165, 1.54) is 5.56 Å². The van der Waals surface area contributed by atoms with Crippen LogP contribution in [0.3, 0.4) is 0 Å². The normalized spacial score (nSPS) is 13.4. The number of para-hydroxylation sites is 1. The number of fused-ring (bicyclic) bond motifs is 1. The Balaban J connectivity index is 0.00000133. The van der Waals surface area contributed by atoms with Crippen molar-refractivity contribution in [3.63, 3.8) is 0 Å². The quantitative estimate of drug-likeness (QED) is 0.801. The number of aryl methyl sites for hydroxylation is 1. The maximum atomic E-state index is 12.5. The van der Waals surface area contributed by atoms with Gasteiger partial charge in [0.25, 0.3) is 5.91 Å². The summed E-state index contributed by atoms with van der Waals surface area (Å²) >= 11 is 0. The number of carbonyl (C=O) groups excluding carboxylic acids is 1. The van der Waals surface area contributed by atoms with Crippen LogP contribution in [0, 0.1) is 0 Å². The van der Waals surface area contributed by atoms with Gasteiger partial charge in [-0.15, -0.1) is 12.4 Å². The van der Waals surface area contributed by atoms with E-state index >= 15 is 0 Å². The molecule has 1 aromatic heterocycles. The molecule has 2 heterocycles. The number of halogens is 1. The number of nitrogens with zero attached hydrogens (tertiary/aromatic N) is 2. The lowest BCUT2D eigenvalue weighted by Crippen LogP contribution is -2.35. The molecule has 2 aromatic rings. The van der Waals surface area contributed by atoms with E-state index in [-0.39, 0.29) is 18.3 Å².